The molecule has 2 saturated heterocycles. The molecule has 1 unspecified atom stereocenters. The van der Waals surface area contributed by atoms with E-state index >= 15 is 0 Å². The molecule has 0 radical (unpaired) electrons. The lowest BCUT2D eigenvalue weighted by Gasteiger charge is -2.32. The van der Waals surface area contributed by atoms with E-state index in [4.69, 9.17) is 9.15 Å². The Hall–Kier alpha value is -3.39. The second kappa shape index (κ2) is 9.40. The van der Waals surface area contributed by atoms with E-state index in [1.807, 2.05) is 36.4 Å². The highest BCUT2D eigenvalue weighted by Gasteiger charge is 2.27. The van der Waals surface area contributed by atoms with Gasteiger partial charge < -0.3 is 24.3 Å². The molecule has 1 amide bonds. The fraction of sp³-hybridized carbons (Fsp3) is 0.375. The average molecular weight is 434 g/mol. The molecule has 1 N–H and O–H groups in total. The molecule has 2 aliphatic rings. The van der Waals surface area contributed by atoms with Crippen LogP contribution in [0.2, 0.25) is 0 Å². The maximum absolute atomic E-state index is 12.9. The number of amides is 1. The van der Waals surface area contributed by atoms with Crippen molar-refractivity contribution >= 4 is 23.1 Å². The van der Waals surface area contributed by atoms with Crippen molar-refractivity contribution in [3.8, 4) is 11.5 Å². The van der Waals surface area contributed by atoms with Crippen molar-refractivity contribution in [2.24, 2.45) is 5.92 Å². The molecule has 32 heavy (non-hydrogen) atoms. The molecule has 0 saturated carbocycles. The third kappa shape index (κ3) is 4.60. The minimum absolute atomic E-state index is 0.0500. The molecule has 8 heteroatoms. The molecule has 3 aromatic rings. The van der Waals surface area contributed by atoms with Gasteiger partial charge in [0, 0.05) is 37.6 Å². The molecule has 5 rings (SSSR count). The number of hydrogen-bond acceptors (Lipinski definition) is 7. The molecule has 2 fully saturated rings. The number of piperidine rings is 1. The van der Waals surface area contributed by atoms with Gasteiger partial charge in [-0.2, -0.15) is 0 Å². The molecule has 2 aliphatic heterocycles. The quantitative estimate of drug-likeness (QED) is 0.660. The van der Waals surface area contributed by atoms with Gasteiger partial charge in [-0.1, -0.05) is 0 Å². The van der Waals surface area contributed by atoms with Crippen molar-refractivity contribution in [1.29, 1.82) is 0 Å². The van der Waals surface area contributed by atoms with Crippen LogP contribution in [0.15, 0.2) is 59.2 Å². The van der Waals surface area contributed by atoms with Gasteiger partial charge in [0.1, 0.15) is 5.69 Å². The Morgan fingerprint density at radius 1 is 0.969 bits per heavy atom. The van der Waals surface area contributed by atoms with Gasteiger partial charge in [-0.05, 0) is 61.4 Å². The Balaban J connectivity index is 1.19. The maximum atomic E-state index is 12.9. The van der Waals surface area contributed by atoms with E-state index < -0.39 is 0 Å². The van der Waals surface area contributed by atoms with E-state index in [1.165, 1.54) is 0 Å². The summed E-state index contributed by atoms with van der Waals surface area (Å²) in [6, 6.07) is 15.6. The molecule has 1 atom stereocenters. The van der Waals surface area contributed by atoms with Crippen molar-refractivity contribution in [2.75, 3.05) is 54.5 Å². The lowest BCUT2D eigenvalue weighted by Crippen LogP contribution is -2.41. The van der Waals surface area contributed by atoms with Crippen molar-refractivity contribution < 1.29 is 13.9 Å². The lowest BCUT2D eigenvalue weighted by atomic mass is 9.97. The zero-order chi connectivity index (χ0) is 21.8. The molecule has 1 aromatic carbocycles. The van der Waals surface area contributed by atoms with Crippen LogP contribution in [0.3, 0.4) is 0 Å². The summed E-state index contributed by atoms with van der Waals surface area (Å²) < 4.78 is 10.8. The predicted octanol–water partition coefficient (Wildman–Crippen LogP) is 3.43. The Kier molecular flexibility index (Phi) is 6.02. The van der Waals surface area contributed by atoms with E-state index in [2.05, 4.69) is 37.4 Å². The van der Waals surface area contributed by atoms with E-state index in [9.17, 15) is 4.79 Å². The van der Waals surface area contributed by atoms with Crippen molar-refractivity contribution in [1.82, 2.24) is 10.2 Å². The van der Waals surface area contributed by atoms with Crippen LogP contribution in [0.25, 0.3) is 11.5 Å². The van der Waals surface area contributed by atoms with Crippen LogP contribution in [0.5, 0.6) is 0 Å². The van der Waals surface area contributed by atoms with Gasteiger partial charge in [-0.3, -0.25) is 4.79 Å². The van der Waals surface area contributed by atoms with Gasteiger partial charge in [0.2, 0.25) is 5.91 Å². The Morgan fingerprint density at radius 3 is 2.53 bits per heavy atom. The molecule has 8 nitrogen and oxygen atoms in total. The first-order valence-corrected chi connectivity index (χ1v) is 11.1. The van der Waals surface area contributed by atoms with Crippen molar-refractivity contribution in [3.05, 3.63) is 54.8 Å². The molecule has 166 valence electrons. The second-order valence-electron chi connectivity index (χ2n) is 8.17. The summed E-state index contributed by atoms with van der Waals surface area (Å²) in [6.45, 7) is 4.81. The number of anilines is 3. The minimum Gasteiger partial charge on any atom is -0.463 e. The van der Waals surface area contributed by atoms with Crippen LogP contribution in [0.4, 0.5) is 17.2 Å². The van der Waals surface area contributed by atoms with Crippen molar-refractivity contribution in [2.45, 2.75) is 12.8 Å². The molecule has 0 spiro atoms. The summed E-state index contributed by atoms with van der Waals surface area (Å²) in [5.41, 5.74) is 2.68. The normalized spacial score (nSPS) is 19.1. The standard InChI is InChI=1S/C24H27N5O3/c30-24(25-19-5-7-20(8-6-19)28-12-15-31-16-13-28)18-3-1-11-29(17-18)23-10-9-21(26-27-23)22-4-2-14-32-22/h2,4-10,14,18H,1,3,11-13,15-17H2,(H,25,30). The number of benzene rings is 1. The van der Waals surface area contributed by atoms with E-state index in [0.29, 0.717) is 18.0 Å². The van der Waals surface area contributed by atoms with E-state index in [1.54, 1.807) is 6.26 Å². The molecule has 2 aromatic heterocycles. The first kappa shape index (κ1) is 20.5. The average Bonchev–Trinajstić information content (AvgIpc) is 3.40. The SMILES string of the molecule is O=C(Nc1ccc(N2CCOCC2)cc1)C1CCCN(c2ccc(-c3ccco3)nn2)C1. The number of nitrogens with one attached hydrogen (secondary N) is 1. The summed E-state index contributed by atoms with van der Waals surface area (Å²) in [5, 5.41) is 11.7. The van der Waals surface area contributed by atoms with Gasteiger partial charge in [0.25, 0.3) is 0 Å². The smallest absolute Gasteiger partial charge is 0.229 e. The predicted molar refractivity (Wildman–Crippen MR) is 123 cm³/mol. The number of morpholine rings is 1. The van der Waals surface area contributed by atoms with Gasteiger partial charge in [0.05, 0.1) is 25.4 Å². The van der Waals surface area contributed by atoms with Gasteiger partial charge in [-0.15, -0.1) is 10.2 Å². The fourth-order valence-electron chi connectivity index (χ4n) is 4.27. The number of rotatable bonds is 5. The number of aromatic nitrogens is 2. The number of ether oxygens (including phenoxy) is 1. The minimum atomic E-state index is -0.0887. The number of carbonyl (C=O) groups is 1. The topological polar surface area (TPSA) is 83.7 Å². The zero-order valence-corrected chi connectivity index (χ0v) is 17.9. The van der Waals surface area contributed by atoms with Crippen LogP contribution >= 0.6 is 0 Å². The van der Waals surface area contributed by atoms with Gasteiger partial charge >= 0.3 is 0 Å². The first-order valence-electron chi connectivity index (χ1n) is 11.1. The number of nitrogens with zero attached hydrogens (tertiary/aromatic N) is 4. The lowest BCUT2D eigenvalue weighted by molar-refractivity contribution is -0.120. The Labute approximate surface area is 187 Å². The van der Waals surface area contributed by atoms with Crippen LogP contribution < -0.4 is 15.1 Å². The highest BCUT2D eigenvalue weighted by Crippen LogP contribution is 2.25. The van der Waals surface area contributed by atoms with Crippen LogP contribution in [0, 0.1) is 5.92 Å². The van der Waals surface area contributed by atoms with Gasteiger partial charge in [-0.25, -0.2) is 0 Å². The van der Waals surface area contributed by atoms with Gasteiger partial charge in [0.15, 0.2) is 11.6 Å². The van der Waals surface area contributed by atoms with E-state index in [0.717, 1.165) is 62.9 Å². The van der Waals surface area contributed by atoms with Crippen LogP contribution in [-0.2, 0) is 9.53 Å². The summed E-state index contributed by atoms with van der Waals surface area (Å²) in [5.74, 6) is 1.44. The highest BCUT2D eigenvalue weighted by atomic mass is 16.5. The molecule has 0 bridgehead atoms. The summed E-state index contributed by atoms with van der Waals surface area (Å²) in [6.07, 6.45) is 3.43. The van der Waals surface area contributed by atoms with E-state index in [-0.39, 0.29) is 11.8 Å². The fourth-order valence-corrected chi connectivity index (χ4v) is 4.27. The number of hydrogen-bond donors (Lipinski definition) is 1. The third-order valence-corrected chi connectivity index (χ3v) is 6.05. The number of carbonyl (C=O) groups excluding carboxylic acids is 1. The summed E-state index contributed by atoms with van der Waals surface area (Å²) >= 11 is 0. The van der Waals surface area contributed by atoms with Crippen LogP contribution in [-0.4, -0.2) is 55.5 Å². The molecular formula is C24H27N5O3. The monoisotopic (exact) mass is 433 g/mol. The first-order chi connectivity index (χ1) is 15.8. The Morgan fingerprint density at radius 2 is 1.81 bits per heavy atom. The highest BCUT2D eigenvalue weighted by molar-refractivity contribution is 5.93. The Bertz CT molecular complexity index is 1010. The van der Waals surface area contributed by atoms with Crippen LogP contribution in [0.1, 0.15) is 12.8 Å². The summed E-state index contributed by atoms with van der Waals surface area (Å²) in [4.78, 5) is 17.4. The largest absolute Gasteiger partial charge is 0.463 e. The number of furan rings is 1. The van der Waals surface area contributed by atoms with Crippen molar-refractivity contribution in [3.63, 3.8) is 0 Å². The molecule has 4 heterocycles. The molecular weight excluding hydrogens is 406 g/mol. The third-order valence-electron chi connectivity index (χ3n) is 6.05. The molecule has 0 aliphatic carbocycles. The zero-order valence-electron chi connectivity index (χ0n) is 17.9. The second-order valence-corrected chi connectivity index (χ2v) is 8.17. The maximum Gasteiger partial charge on any atom is 0.229 e. The summed E-state index contributed by atoms with van der Waals surface area (Å²) in [7, 11) is 0.